The van der Waals surface area contributed by atoms with Gasteiger partial charge < -0.3 is 20.8 Å². The number of nitrogens with zero attached hydrogens (tertiary/aromatic N) is 1. The number of aliphatic hydroxyl groups is 2. The lowest BCUT2D eigenvalue weighted by molar-refractivity contribution is -0.118. The van der Waals surface area contributed by atoms with Crippen molar-refractivity contribution >= 4 is 29.0 Å². The summed E-state index contributed by atoms with van der Waals surface area (Å²) in [5.74, 6) is -0.0303. The first kappa shape index (κ1) is 14.2. The van der Waals surface area contributed by atoms with Gasteiger partial charge in [0.05, 0.1) is 30.2 Å². The standard InChI is InChI=1S/C13H18N2O3S/c1-2-11-13(18)15(6-9(17)7-16)10-4-3-8(14)5-12(10)19-11/h3-5,9,11,16-17H,2,6-7,14H2,1H3. The molecule has 104 valence electrons. The molecule has 1 amide bonds. The molecule has 4 N–H and O–H groups in total. The summed E-state index contributed by atoms with van der Waals surface area (Å²) in [5, 5.41) is 18.4. The number of amides is 1. The van der Waals surface area contributed by atoms with E-state index in [1.165, 1.54) is 11.8 Å². The number of aliphatic hydroxyl groups excluding tert-OH is 2. The van der Waals surface area contributed by atoms with E-state index in [0.717, 1.165) is 10.6 Å². The van der Waals surface area contributed by atoms with Gasteiger partial charge in [0.1, 0.15) is 0 Å². The van der Waals surface area contributed by atoms with Gasteiger partial charge >= 0.3 is 0 Å². The van der Waals surface area contributed by atoms with Crippen LogP contribution in [0.3, 0.4) is 0 Å². The summed E-state index contributed by atoms with van der Waals surface area (Å²) in [7, 11) is 0. The maximum atomic E-state index is 12.3. The van der Waals surface area contributed by atoms with Gasteiger partial charge in [-0.1, -0.05) is 6.92 Å². The predicted molar refractivity (Wildman–Crippen MR) is 76.2 cm³/mol. The molecule has 0 aliphatic carbocycles. The molecule has 0 aromatic heterocycles. The fourth-order valence-electron chi connectivity index (χ4n) is 2.06. The van der Waals surface area contributed by atoms with Gasteiger partial charge in [0, 0.05) is 10.6 Å². The first-order valence-corrected chi connectivity index (χ1v) is 7.11. The topological polar surface area (TPSA) is 86.8 Å². The Morgan fingerprint density at radius 3 is 2.89 bits per heavy atom. The SMILES string of the molecule is CCC1Sc2cc(N)ccc2N(CC(O)CO)C1=O. The molecule has 0 radical (unpaired) electrons. The zero-order chi connectivity index (χ0) is 14.0. The van der Waals surface area contributed by atoms with Crippen molar-refractivity contribution in [1.82, 2.24) is 0 Å². The fourth-order valence-corrected chi connectivity index (χ4v) is 3.26. The molecule has 0 saturated carbocycles. The lowest BCUT2D eigenvalue weighted by atomic mass is 10.2. The van der Waals surface area contributed by atoms with Crippen molar-refractivity contribution in [2.24, 2.45) is 0 Å². The lowest BCUT2D eigenvalue weighted by Gasteiger charge is -2.34. The number of thioether (sulfide) groups is 1. The van der Waals surface area contributed by atoms with Crippen LogP contribution < -0.4 is 10.6 Å². The molecule has 0 fully saturated rings. The Hall–Kier alpha value is -1.24. The molecule has 1 aromatic carbocycles. The number of β-amino-alcohol motifs (C(OH)–C–C–N with tert-alkyl or cyclic N) is 1. The van der Waals surface area contributed by atoms with E-state index in [9.17, 15) is 9.90 Å². The molecule has 2 rings (SSSR count). The van der Waals surface area contributed by atoms with Crippen LogP contribution in [0, 0.1) is 0 Å². The smallest absolute Gasteiger partial charge is 0.240 e. The molecule has 0 spiro atoms. The summed E-state index contributed by atoms with van der Waals surface area (Å²) in [5.41, 5.74) is 7.17. The van der Waals surface area contributed by atoms with Crippen LogP contribution in [-0.2, 0) is 4.79 Å². The Kier molecular flexibility index (Phi) is 4.34. The molecular formula is C13H18N2O3S. The van der Waals surface area contributed by atoms with Crippen molar-refractivity contribution in [2.45, 2.75) is 29.6 Å². The van der Waals surface area contributed by atoms with Gasteiger partial charge in [0.2, 0.25) is 5.91 Å². The molecule has 0 saturated heterocycles. The van der Waals surface area contributed by atoms with Crippen LogP contribution in [0.4, 0.5) is 11.4 Å². The summed E-state index contributed by atoms with van der Waals surface area (Å²) in [4.78, 5) is 14.8. The molecule has 19 heavy (non-hydrogen) atoms. The average Bonchev–Trinajstić information content (AvgIpc) is 2.41. The molecule has 1 aliphatic heterocycles. The molecule has 2 atom stereocenters. The van der Waals surface area contributed by atoms with Gasteiger partial charge in [-0.25, -0.2) is 0 Å². The number of anilines is 2. The third-order valence-electron chi connectivity index (χ3n) is 3.06. The first-order chi connectivity index (χ1) is 9.06. The van der Waals surface area contributed by atoms with Crippen LogP contribution in [0.2, 0.25) is 0 Å². The number of carbonyl (C=O) groups is 1. The summed E-state index contributed by atoms with van der Waals surface area (Å²) in [6.45, 7) is 1.69. The van der Waals surface area contributed by atoms with Gasteiger partial charge in [-0.3, -0.25) is 4.79 Å². The highest BCUT2D eigenvalue weighted by molar-refractivity contribution is 8.01. The Balaban J connectivity index is 2.37. The maximum absolute atomic E-state index is 12.3. The number of hydrogen-bond donors (Lipinski definition) is 3. The average molecular weight is 282 g/mol. The Morgan fingerprint density at radius 1 is 1.53 bits per heavy atom. The fraction of sp³-hybridized carbons (Fsp3) is 0.462. The third-order valence-corrected chi connectivity index (χ3v) is 4.46. The minimum Gasteiger partial charge on any atom is -0.399 e. The van der Waals surface area contributed by atoms with Gasteiger partial charge in [0.15, 0.2) is 0 Å². The molecule has 2 unspecified atom stereocenters. The van der Waals surface area contributed by atoms with Crippen molar-refractivity contribution < 1.29 is 15.0 Å². The third kappa shape index (κ3) is 2.86. The Bertz CT molecular complexity index is 481. The summed E-state index contributed by atoms with van der Waals surface area (Å²) in [6, 6.07) is 5.36. The number of carbonyl (C=O) groups excluding carboxylic acids is 1. The second kappa shape index (κ2) is 5.81. The summed E-state index contributed by atoms with van der Waals surface area (Å²) < 4.78 is 0. The zero-order valence-corrected chi connectivity index (χ0v) is 11.6. The first-order valence-electron chi connectivity index (χ1n) is 6.23. The zero-order valence-electron chi connectivity index (χ0n) is 10.7. The number of nitrogen functional groups attached to an aromatic ring is 1. The van der Waals surface area contributed by atoms with Crippen LogP contribution in [0.25, 0.3) is 0 Å². The van der Waals surface area contributed by atoms with Crippen LogP contribution in [0.5, 0.6) is 0 Å². The number of hydrogen-bond acceptors (Lipinski definition) is 5. The van der Waals surface area contributed by atoms with E-state index in [1.54, 1.807) is 17.0 Å². The Labute approximate surface area is 116 Å². The second-order valence-electron chi connectivity index (χ2n) is 4.53. The van der Waals surface area contributed by atoms with Crippen LogP contribution in [0.15, 0.2) is 23.1 Å². The summed E-state index contributed by atoms with van der Waals surface area (Å²) >= 11 is 1.50. The van der Waals surface area contributed by atoms with Crippen molar-refractivity contribution in [3.8, 4) is 0 Å². The van der Waals surface area contributed by atoms with E-state index in [1.807, 2.05) is 13.0 Å². The number of nitrogens with two attached hydrogens (primary N) is 1. The number of fused-ring (bicyclic) bond motifs is 1. The van der Waals surface area contributed by atoms with Gasteiger partial charge in [-0.05, 0) is 24.6 Å². The maximum Gasteiger partial charge on any atom is 0.240 e. The van der Waals surface area contributed by atoms with E-state index < -0.39 is 6.10 Å². The van der Waals surface area contributed by atoms with Gasteiger partial charge in [0.25, 0.3) is 0 Å². The van der Waals surface area contributed by atoms with E-state index in [2.05, 4.69) is 0 Å². The highest BCUT2D eigenvalue weighted by Crippen LogP contribution is 2.41. The van der Waals surface area contributed by atoms with E-state index in [-0.39, 0.29) is 24.3 Å². The predicted octanol–water partition coefficient (Wildman–Crippen LogP) is 0.839. The van der Waals surface area contributed by atoms with Crippen LogP contribution in [-0.4, -0.2) is 40.6 Å². The quantitative estimate of drug-likeness (QED) is 0.712. The van der Waals surface area contributed by atoms with Crippen LogP contribution in [0.1, 0.15) is 13.3 Å². The van der Waals surface area contributed by atoms with Crippen LogP contribution >= 0.6 is 11.8 Å². The highest BCUT2D eigenvalue weighted by atomic mass is 32.2. The number of rotatable bonds is 4. The van der Waals surface area contributed by atoms with E-state index in [4.69, 9.17) is 10.8 Å². The van der Waals surface area contributed by atoms with E-state index >= 15 is 0 Å². The van der Waals surface area contributed by atoms with Gasteiger partial charge in [-0.15, -0.1) is 11.8 Å². The normalized spacial score (nSPS) is 20.3. The summed E-state index contributed by atoms with van der Waals surface area (Å²) in [6.07, 6.45) is -0.223. The molecule has 1 heterocycles. The lowest BCUT2D eigenvalue weighted by Crippen LogP contribution is -2.45. The molecule has 6 heteroatoms. The Morgan fingerprint density at radius 2 is 2.26 bits per heavy atom. The van der Waals surface area contributed by atoms with Crippen molar-refractivity contribution in [2.75, 3.05) is 23.8 Å². The molecular weight excluding hydrogens is 264 g/mol. The minimum absolute atomic E-state index is 0.0303. The molecule has 0 bridgehead atoms. The largest absolute Gasteiger partial charge is 0.399 e. The van der Waals surface area contributed by atoms with Crippen molar-refractivity contribution in [1.29, 1.82) is 0 Å². The van der Waals surface area contributed by atoms with E-state index in [0.29, 0.717) is 12.1 Å². The molecule has 1 aromatic rings. The second-order valence-corrected chi connectivity index (χ2v) is 5.77. The highest BCUT2D eigenvalue weighted by Gasteiger charge is 2.33. The van der Waals surface area contributed by atoms with Crippen molar-refractivity contribution in [3.05, 3.63) is 18.2 Å². The van der Waals surface area contributed by atoms with Gasteiger partial charge in [-0.2, -0.15) is 0 Å². The minimum atomic E-state index is -0.935. The monoisotopic (exact) mass is 282 g/mol. The van der Waals surface area contributed by atoms with Crippen molar-refractivity contribution in [3.63, 3.8) is 0 Å². The molecule has 5 nitrogen and oxygen atoms in total. The molecule has 1 aliphatic rings. The number of benzene rings is 1.